The first-order valence-corrected chi connectivity index (χ1v) is 5.69. The van der Waals surface area contributed by atoms with E-state index in [1.54, 1.807) is 6.92 Å². The zero-order valence-electron chi connectivity index (χ0n) is 9.94. The maximum atomic E-state index is 11.3. The number of hydrogen-bond donors (Lipinski definition) is 2. The van der Waals surface area contributed by atoms with Crippen LogP contribution in [-0.4, -0.2) is 18.0 Å². The van der Waals surface area contributed by atoms with E-state index in [4.69, 9.17) is 5.73 Å². The fraction of sp³-hybridized carbons (Fsp3) is 0.462. The Morgan fingerprint density at radius 2 is 1.94 bits per heavy atom. The van der Waals surface area contributed by atoms with Gasteiger partial charge in [0.15, 0.2) is 0 Å². The number of amides is 1. The van der Waals surface area contributed by atoms with Crippen molar-refractivity contribution >= 4 is 5.91 Å². The predicted molar refractivity (Wildman–Crippen MR) is 66.0 cm³/mol. The van der Waals surface area contributed by atoms with Crippen LogP contribution >= 0.6 is 0 Å². The summed E-state index contributed by atoms with van der Waals surface area (Å²) in [6.07, 6.45) is 1.91. The highest BCUT2D eigenvalue weighted by Crippen LogP contribution is 2.04. The summed E-state index contributed by atoms with van der Waals surface area (Å²) in [7, 11) is 0. The molecule has 0 heterocycles. The molecular weight excluding hydrogens is 200 g/mol. The fourth-order valence-electron chi connectivity index (χ4n) is 1.47. The lowest BCUT2D eigenvalue weighted by molar-refractivity contribution is -0.122. The molecule has 0 aliphatic heterocycles. The van der Waals surface area contributed by atoms with Crippen LogP contribution in [0.2, 0.25) is 0 Å². The van der Waals surface area contributed by atoms with Gasteiger partial charge in [-0.25, -0.2) is 0 Å². The second kappa shape index (κ2) is 6.28. The molecule has 16 heavy (non-hydrogen) atoms. The zero-order chi connectivity index (χ0) is 12.0. The topological polar surface area (TPSA) is 55.1 Å². The van der Waals surface area contributed by atoms with Crippen molar-refractivity contribution < 1.29 is 4.79 Å². The van der Waals surface area contributed by atoms with Crippen molar-refractivity contribution in [3.8, 4) is 0 Å². The van der Waals surface area contributed by atoms with Crippen LogP contribution in [0.5, 0.6) is 0 Å². The van der Waals surface area contributed by atoms with E-state index >= 15 is 0 Å². The average molecular weight is 220 g/mol. The van der Waals surface area contributed by atoms with Crippen LogP contribution in [0.15, 0.2) is 30.3 Å². The van der Waals surface area contributed by atoms with E-state index in [-0.39, 0.29) is 11.9 Å². The summed E-state index contributed by atoms with van der Waals surface area (Å²) < 4.78 is 0. The molecule has 88 valence electrons. The second-order valence-electron chi connectivity index (χ2n) is 4.22. The largest absolute Gasteiger partial charge is 0.352 e. The van der Waals surface area contributed by atoms with Crippen LogP contribution in [-0.2, 0) is 11.2 Å². The highest BCUT2D eigenvalue weighted by molar-refractivity contribution is 5.81. The van der Waals surface area contributed by atoms with Crippen molar-refractivity contribution in [2.45, 2.75) is 38.8 Å². The Morgan fingerprint density at radius 3 is 2.50 bits per heavy atom. The molecule has 3 N–H and O–H groups in total. The lowest BCUT2D eigenvalue weighted by Crippen LogP contribution is -2.42. The molecule has 1 aromatic carbocycles. The van der Waals surface area contributed by atoms with Crippen molar-refractivity contribution in [2.24, 2.45) is 5.73 Å². The van der Waals surface area contributed by atoms with Gasteiger partial charge in [-0.1, -0.05) is 30.3 Å². The molecule has 1 amide bonds. The number of carbonyl (C=O) groups is 1. The van der Waals surface area contributed by atoms with E-state index in [0.717, 1.165) is 12.8 Å². The van der Waals surface area contributed by atoms with Crippen LogP contribution in [0, 0.1) is 0 Å². The Labute approximate surface area is 97.0 Å². The molecular formula is C13H20N2O. The summed E-state index contributed by atoms with van der Waals surface area (Å²) in [5.41, 5.74) is 6.78. The van der Waals surface area contributed by atoms with Crippen LogP contribution in [0.3, 0.4) is 0 Å². The van der Waals surface area contributed by atoms with Crippen LogP contribution in [0.1, 0.15) is 25.8 Å². The quantitative estimate of drug-likeness (QED) is 0.789. The molecule has 2 atom stereocenters. The van der Waals surface area contributed by atoms with Crippen LogP contribution < -0.4 is 11.1 Å². The van der Waals surface area contributed by atoms with Gasteiger partial charge in [0, 0.05) is 6.04 Å². The molecule has 3 heteroatoms. The zero-order valence-corrected chi connectivity index (χ0v) is 9.94. The normalized spacial score (nSPS) is 14.2. The van der Waals surface area contributed by atoms with Gasteiger partial charge in [0.25, 0.3) is 0 Å². The van der Waals surface area contributed by atoms with Gasteiger partial charge in [-0.2, -0.15) is 0 Å². The first kappa shape index (κ1) is 12.7. The summed E-state index contributed by atoms with van der Waals surface area (Å²) in [6, 6.07) is 9.99. The van der Waals surface area contributed by atoms with Gasteiger partial charge in [0.2, 0.25) is 5.91 Å². The third-order valence-corrected chi connectivity index (χ3v) is 2.51. The number of carbonyl (C=O) groups excluding carboxylic acids is 1. The average Bonchev–Trinajstić information content (AvgIpc) is 2.27. The Kier molecular flexibility index (Phi) is 4.99. The first-order valence-electron chi connectivity index (χ1n) is 5.69. The van der Waals surface area contributed by atoms with E-state index in [1.165, 1.54) is 5.56 Å². The number of nitrogens with one attached hydrogen (secondary N) is 1. The maximum Gasteiger partial charge on any atom is 0.236 e. The molecule has 0 aliphatic rings. The molecule has 0 fully saturated rings. The van der Waals surface area contributed by atoms with Gasteiger partial charge in [0.1, 0.15) is 0 Å². The minimum atomic E-state index is -0.431. The summed E-state index contributed by atoms with van der Waals surface area (Å²) in [4.78, 5) is 11.3. The number of hydrogen-bond acceptors (Lipinski definition) is 2. The maximum absolute atomic E-state index is 11.3. The number of nitrogens with two attached hydrogens (primary N) is 1. The molecule has 3 nitrogen and oxygen atoms in total. The molecule has 2 unspecified atom stereocenters. The highest BCUT2D eigenvalue weighted by Gasteiger charge is 2.10. The van der Waals surface area contributed by atoms with Gasteiger partial charge < -0.3 is 11.1 Å². The van der Waals surface area contributed by atoms with Crippen LogP contribution in [0.4, 0.5) is 0 Å². The summed E-state index contributed by atoms with van der Waals surface area (Å²) >= 11 is 0. The summed E-state index contributed by atoms with van der Waals surface area (Å²) in [5.74, 6) is -0.0828. The SMILES string of the molecule is CC(CCc1ccccc1)NC(=O)C(C)N. The van der Waals surface area contributed by atoms with Gasteiger partial charge in [0.05, 0.1) is 6.04 Å². The molecule has 0 spiro atoms. The molecule has 0 bridgehead atoms. The monoisotopic (exact) mass is 220 g/mol. The van der Waals surface area contributed by atoms with E-state index < -0.39 is 6.04 Å². The summed E-state index contributed by atoms with van der Waals surface area (Å²) in [5, 5.41) is 2.89. The second-order valence-corrected chi connectivity index (χ2v) is 4.22. The van der Waals surface area contributed by atoms with Crippen molar-refractivity contribution in [3.05, 3.63) is 35.9 Å². The minimum Gasteiger partial charge on any atom is -0.352 e. The van der Waals surface area contributed by atoms with E-state index in [9.17, 15) is 4.79 Å². The third kappa shape index (κ3) is 4.45. The van der Waals surface area contributed by atoms with Crippen molar-refractivity contribution in [1.29, 1.82) is 0 Å². The lowest BCUT2D eigenvalue weighted by Gasteiger charge is -2.15. The smallest absolute Gasteiger partial charge is 0.236 e. The third-order valence-electron chi connectivity index (χ3n) is 2.51. The molecule has 1 rings (SSSR count). The molecule has 1 aromatic rings. The standard InChI is InChI=1S/C13H20N2O/c1-10(15-13(16)11(2)14)8-9-12-6-4-3-5-7-12/h3-7,10-11H,8-9,14H2,1-2H3,(H,15,16). The fourth-order valence-corrected chi connectivity index (χ4v) is 1.47. The number of rotatable bonds is 5. The molecule has 0 saturated heterocycles. The van der Waals surface area contributed by atoms with E-state index in [0.29, 0.717) is 0 Å². The Morgan fingerprint density at radius 1 is 1.31 bits per heavy atom. The van der Waals surface area contributed by atoms with Gasteiger partial charge in [-0.3, -0.25) is 4.79 Å². The van der Waals surface area contributed by atoms with Crippen molar-refractivity contribution in [1.82, 2.24) is 5.32 Å². The van der Waals surface area contributed by atoms with E-state index in [1.807, 2.05) is 25.1 Å². The molecule has 0 aliphatic carbocycles. The van der Waals surface area contributed by atoms with Gasteiger partial charge in [-0.05, 0) is 32.3 Å². The number of aryl methyl sites for hydroxylation is 1. The first-order chi connectivity index (χ1) is 7.59. The van der Waals surface area contributed by atoms with Crippen molar-refractivity contribution in [3.63, 3.8) is 0 Å². The minimum absolute atomic E-state index is 0.0828. The molecule has 0 saturated carbocycles. The predicted octanol–water partition coefficient (Wildman–Crippen LogP) is 1.47. The van der Waals surface area contributed by atoms with Crippen molar-refractivity contribution in [2.75, 3.05) is 0 Å². The van der Waals surface area contributed by atoms with E-state index in [2.05, 4.69) is 17.4 Å². The highest BCUT2D eigenvalue weighted by atomic mass is 16.2. The summed E-state index contributed by atoms with van der Waals surface area (Å²) in [6.45, 7) is 3.70. The molecule has 0 radical (unpaired) electrons. The lowest BCUT2D eigenvalue weighted by atomic mass is 10.1. The Balaban J connectivity index is 2.30. The Hall–Kier alpha value is -1.35. The van der Waals surface area contributed by atoms with Gasteiger partial charge >= 0.3 is 0 Å². The van der Waals surface area contributed by atoms with Gasteiger partial charge in [-0.15, -0.1) is 0 Å². The Bertz CT molecular complexity index is 322. The number of benzene rings is 1. The van der Waals surface area contributed by atoms with Crippen LogP contribution in [0.25, 0.3) is 0 Å². The molecule has 0 aromatic heterocycles.